The van der Waals surface area contributed by atoms with Crippen molar-refractivity contribution < 1.29 is 9.90 Å². The standard InChI is InChI=1S/C8H11NO2S/c1-2-3-4-6-5-7(8(10)11)9-12-6/h5H,2-4H2,1H3,(H,10,11). The molecule has 12 heavy (non-hydrogen) atoms. The summed E-state index contributed by atoms with van der Waals surface area (Å²) in [6.07, 6.45) is 3.17. The van der Waals surface area contributed by atoms with E-state index in [1.54, 1.807) is 6.07 Å². The van der Waals surface area contributed by atoms with Crippen molar-refractivity contribution in [3.8, 4) is 0 Å². The largest absolute Gasteiger partial charge is 0.476 e. The van der Waals surface area contributed by atoms with Gasteiger partial charge in [-0.2, -0.15) is 4.37 Å². The van der Waals surface area contributed by atoms with Crippen molar-refractivity contribution in [2.45, 2.75) is 26.2 Å². The minimum atomic E-state index is -0.936. The molecule has 0 fully saturated rings. The van der Waals surface area contributed by atoms with E-state index >= 15 is 0 Å². The molecule has 0 aromatic carbocycles. The molecule has 0 aliphatic rings. The first-order valence-corrected chi connectivity index (χ1v) is 4.70. The van der Waals surface area contributed by atoms with E-state index in [9.17, 15) is 4.79 Å². The summed E-state index contributed by atoms with van der Waals surface area (Å²) in [5.74, 6) is -0.936. The lowest BCUT2D eigenvalue weighted by atomic mass is 10.2. The van der Waals surface area contributed by atoms with Gasteiger partial charge in [0.05, 0.1) is 0 Å². The van der Waals surface area contributed by atoms with Crippen LogP contribution in [0.1, 0.15) is 35.1 Å². The van der Waals surface area contributed by atoms with Gasteiger partial charge >= 0.3 is 5.97 Å². The molecular formula is C8H11NO2S. The van der Waals surface area contributed by atoms with Gasteiger partial charge in [-0.05, 0) is 30.4 Å². The fourth-order valence-electron chi connectivity index (χ4n) is 0.883. The Hall–Kier alpha value is -0.900. The van der Waals surface area contributed by atoms with Crippen molar-refractivity contribution in [3.05, 3.63) is 16.6 Å². The van der Waals surface area contributed by atoms with Crippen LogP contribution in [0.25, 0.3) is 0 Å². The van der Waals surface area contributed by atoms with Gasteiger partial charge in [0, 0.05) is 4.88 Å². The monoisotopic (exact) mass is 185 g/mol. The third-order valence-corrected chi connectivity index (χ3v) is 2.40. The zero-order chi connectivity index (χ0) is 8.97. The van der Waals surface area contributed by atoms with Gasteiger partial charge in [-0.1, -0.05) is 13.3 Å². The molecule has 4 heteroatoms. The fourth-order valence-corrected chi connectivity index (χ4v) is 1.63. The van der Waals surface area contributed by atoms with E-state index in [-0.39, 0.29) is 5.69 Å². The van der Waals surface area contributed by atoms with Crippen molar-refractivity contribution in [2.24, 2.45) is 0 Å². The summed E-state index contributed by atoms with van der Waals surface area (Å²) in [4.78, 5) is 11.5. The molecule has 0 unspecified atom stereocenters. The highest BCUT2D eigenvalue weighted by atomic mass is 32.1. The fraction of sp³-hybridized carbons (Fsp3) is 0.500. The van der Waals surface area contributed by atoms with Crippen LogP contribution in [0.3, 0.4) is 0 Å². The SMILES string of the molecule is CCCCc1cc(C(=O)O)ns1. The van der Waals surface area contributed by atoms with Crippen LogP contribution in [-0.4, -0.2) is 15.4 Å². The van der Waals surface area contributed by atoms with Crippen molar-refractivity contribution >= 4 is 17.5 Å². The highest BCUT2D eigenvalue weighted by molar-refractivity contribution is 7.05. The Kier molecular flexibility index (Phi) is 3.22. The Morgan fingerprint density at radius 2 is 2.50 bits per heavy atom. The number of rotatable bonds is 4. The molecule has 0 bridgehead atoms. The molecule has 1 N–H and O–H groups in total. The number of hydrogen-bond acceptors (Lipinski definition) is 3. The smallest absolute Gasteiger partial charge is 0.355 e. The summed E-state index contributed by atoms with van der Waals surface area (Å²) in [6.45, 7) is 2.11. The number of nitrogens with zero attached hydrogens (tertiary/aromatic N) is 1. The highest BCUT2D eigenvalue weighted by Crippen LogP contribution is 2.12. The lowest BCUT2D eigenvalue weighted by Crippen LogP contribution is -1.94. The van der Waals surface area contributed by atoms with E-state index in [2.05, 4.69) is 11.3 Å². The molecule has 3 nitrogen and oxygen atoms in total. The van der Waals surface area contributed by atoms with E-state index in [1.807, 2.05) is 0 Å². The number of carbonyl (C=O) groups is 1. The number of hydrogen-bond donors (Lipinski definition) is 1. The summed E-state index contributed by atoms with van der Waals surface area (Å²) in [5.41, 5.74) is 0.172. The molecule has 0 saturated heterocycles. The van der Waals surface area contributed by atoms with Crippen LogP contribution in [0.5, 0.6) is 0 Å². The Balaban J connectivity index is 2.58. The first-order chi connectivity index (χ1) is 5.74. The maximum atomic E-state index is 10.4. The van der Waals surface area contributed by atoms with Crippen LogP contribution in [0.2, 0.25) is 0 Å². The average molecular weight is 185 g/mol. The molecule has 1 aromatic heterocycles. The van der Waals surface area contributed by atoms with Crippen molar-refractivity contribution in [1.29, 1.82) is 0 Å². The molecule has 1 aromatic rings. The molecule has 0 spiro atoms. The first-order valence-electron chi connectivity index (χ1n) is 3.93. The van der Waals surface area contributed by atoms with Crippen LogP contribution < -0.4 is 0 Å². The molecule has 1 rings (SSSR count). The lowest BCUT2D eigenvalue weighted by Gasteiger charge is -1.89. The Labute approximate surface area is 75.2 Å². The Morgan fingerprint density at radius 3 is 3.00 bits per heavy atom. The molecule has 0 aliphatic carbocycles. The normalized spacial score (nSPS) is 10.1. The average Bonchev–Trinajstić information content (AvgIpc) is 2.48. The summed E-state index contributed by atoms with van der Waals surface area (Å²) < 4.78 is 3.81. The highest BCUT2D eigenvalue weighted by Gasteiger charge is 2.07. The van der Waals surface area contributed by atoms with E-state index in [4.69, 9.17) is 5.11 Å². The van der Waals surface area contributed by atoms with E-state index in [1.165, 1.54) is 11.5 Å². The van der Waals surface area contributed by atoms with Gasteiger partial charge in [-0.3, -0.25) is 0 Å². The number of aromatic carboxylic acids is 1. The summed E-state index contributed by atoms with van der Waals surface area (Å²) in [6, 6.07) is 1.66. The predicted molar refractivity (Wildman–Crippen MR) is 47.7 cm³/mol. The van der Waals surface area contributed by atoms with Crippen LogP contribution >= 0.6 is 11.5 Å². The minimum absolute atomic E-state index is 0.172. The molecule has 0 saturated carbocycles. The zero-order valence-corrected chi connectivity index (χ0v) is 7.73. The van der Waals surface area contributed by atoms with Crippen LogP contribution in [0.4, 0.5) is 0 Å². The third-order valence-electron chi connectivity index (χ3n) is 1.55. The topological polar surface area (TPSA) is 50.2 Å². The molecule has 1 heterocycles. The van der Waals surface area contributed by atoms with Gasteiger partial charge in [0.2, 0.25) is 0 Å². The van der Waals surface area contributed by atoms with E-state index < -0.39 is 5.97 Å². The number of unbranched alkanes of at least 4 members (excludes halogenated alkanes) is 1. The van der Waals surface area contributed by atoms with Crippen LogP contribution in [0.15, 0.2) is 6.07 Å². The van der Waals surface area contributed by atoms with Crippen LogP contribution in [0, 0.1) is 0 Å². The quantitative estimate of drug-likeness (QED) is 0.782. The molecular weight excluding hydrogens is 174 g/mol. The van der Waals surface area contributed by atoms with Crippen LogP contribution in [-0.2, 0) is 6.42 Å². The van der Waals surface area contributed by atoms with Gasteiger partial charge in [0.25, 0.3) is 0 Å². The predicted octanol–water partition coefficient (Wildman–Crippen LogP) is 2.18. The van der Waals surface area contributed by atoms with E-state index in [0.717, 1.165) is 24.1 Å². The van der Waals surface area contributed by atoms with Crippen molar-refractivity contribution in [1.82, 2.24) is 4.37 Å². The number of carboxylic acids is 1. The van der Waals surface area contributed by atoms with Gasteiger partial charge in [-0.25, -0.2) is 4.79 Å². The molecule has 66 valence electrons. The lowest BCUT2D eigenvalue weighted by molar-refractivity contribution is 0.0692. The second kappa shape index (κ2) is 4.21. The van der Waals surface area contributed by atoms with Crippen molar-refractivity contribution in [2.75, 3.05) is 0 Å². The second-order valence-electron chi connectivity index (χ2n) is 2.59. The molecule has 0 radical (unpaired) electrons. The third kappa shape index (κ3) is 2.30. The maximum absolute atomic E-state index is 10.4. The summed E-state index contributed by atoms with van der Waals surface area (Å²) >= 11 is 1.29. The number of aryl methyl sites for hydroxylation is 1. The van der Waals surface area contributed by atoms with Gasteiger partial charge in [0.15, 0.2) is 5.69 Å². The van der Waals surface area contributed by atoms with Gasteiger partial charge in [-0.15, -0.1) is 0 Å². The van der Waals surface area contributed by atoms with Gasteiger partial charge < -0.3 is 5.11 Å². The maximum Gasteiger partial charge on any atom is 0.355 e. The number of carboxylic acid groups (broad SMARTS) is 1. The minimum Gasteiger partial charge on any atom is -0.476 e. The molecule has 0 aliphatic heterocycles. The summed E-state index contributed by atoms with van der Waals surface area (Å²) in [5, 5.41) is 8.57. The van der Waals surface area contributed by atoms with E-state index in [0.29, 0.717) is 0 Å². The summed E-state index contributed by atoms with van der Waals surface area (Å²) in [7, 11) is 0. The zero-order valence-electron chi connectivity index (χ0n) is 6.91. The Morgan fingerprint density at radius 1 is 1.75 bits per heavy atom. The molecule has 0 atom stereocenters. The van der Waals surface area contributed by atoms with Gasteiger partial charge in [0.1, 0.15) is 0 Å². The first kappa shape index (κ1) is 9.19. The number of aromatic nitrogens is 1. The second-order valence-corrected chi connectivity index (χ2v) is 3.48. The van der Waals surface area contributed by atoms with Crippen molar-refractivity contribution in [3.63, 3.8) is 0 Å². The molecule has 0 amide bonds. The Bertz CT molecular complexity index is 270.